The number of ether oxygens (including phenoxy) is 3. The molecule has 0 aromatic heterocycles. The minimum absolute atomic E-state index is 0.102. The van der Waals surface area contributed by atoms with Crippen molar-refractivity contribution in [1.29, 1.82) is 0 Å². The number of nitrogens with one attached hydrogen (secondary N) is 1. The number of hydrogen-bond acceptors (Lipinski definition) is 5. The summed E-state index contributed by atoms with van der Waals surface area (Å²) in [6, 6.07) is 10.6. The highest BCUT2D eigenvalue weighted by Gasteiger charge is 2.15. The van der Waals surface area contributed by atoms with Gasteiger partial charge in [0.2, 0.25) is 6.79 Å². The molecule has 3 rings (SSSR count). The Hall–Kier alpha value is -3.09. The van der Waals surface area contributed by atoms with Crippen molar-refractivity contribution in [1.82, 2.24) is 0 Å². The fourth-order valence-corrected chi connectivity index (χ4v) is 2.18. The molecule has 6 nitrogen and oxygen atoms in total. The van der Waals surface area contributed by atoms with Crippen molar-refractivity contribution >= 4 is 17.6 Å². The molecule has 0 aliphatic carbocycles. The molecule has 0 atom stereocenters. The second-order valence-corrected chi connectivity index (χ2v) is 5.08. The molecule has 7 heteroatoms. The van der Waals surface area contributed by atoms with Crippen LogP contribution in [0, 0.1) is 5.82 Å². The van der Waals surface area contributed by atoms with E-state index in [9.17, 15) is 14.0 Å². The minimum atomic E-state index is -0.610. The molecule has 0 spiro atoms. The van der Waals surface area contributed by atoms with Crippen molar-refractivity contribution in [3.8, 4) is 11.5 Å². The van der Waals surface area contributed by atoms with E-state index in [1.807, 2.05) is 0 Å². The molecule has 1 N–H and O–H groups in total. The van der Waals surface area contributed by atoms with Crippen LogP contribution in [0.4, 0.5) is 10.1 Å². The van der Waals surface area contributed by atoms with Crippen molar-refractivity contribution in [3.63, 3.8) is 0 Å². The third-order valence-electron chi connectivity index (χ3n) is 3.26. The van der Waals surface area contributed by atoms with Gasteiger partial charge in [0.15, 0.2) is 18.1 Å². The first-order valence-corrected chi connectivity index (χ1v) is 7.20. The lowest BCUT2D eigenvalue weighted by Gasteiger charge is -2.07. The van der Waals surface area contributed by atoms with Crippen molar-refractivity contribution in [3.05, 3.63) is 53.8 Å². The number of fused-ring (bicyclic) bond motifs is 1. The van der Waals surface area contributed by atoms with Gasteiger partial charge in [0.25, 0.3) is 5.91 Å². The van der Waals surface area contributed by atoms with Crippen LogP contribution in [0.15, 0.2) is 42.5 Å². The zero-order chi connectivity index (χ0) is 16.9. The summed E-state index contributed by atoms with van der Waals surface area (Å²) >= 11 is 0. The van der Waals surface area contributed by atoms with Crippen LogP contribution in [-0.2, 0) is 20.7 Å². The summed E-state index contributed by atoms with van der Waals surface area (Å²) in [5.74, 6) is -0.380. The first-order valence-electron chi connectivity index (χ1n) is 7.20. The monoisotopic (exact) mass is 331 g/mol. The van der Waals surface area contributed by atoms with Crippen molar-refractivity contribution in [2.45, 2.75) is 6.42 Å². The van der Waals surface area contributed by atoms with Crippen LogP contribution in [0.1, 0.15) is 5.56 Å². The fourth-order valence-electron chi connectivity index (χ4n) is 2.18. The van der Waals surface area contributed by atoms with Gasteiger partial charge in [-0.25, -0.2) is 4.39 Å². The molecule has 2 aromatic rings. The second-order valence-electron chi connectivity index (χ2n) is 5.08. The van der Waals surface area contributed by atoms with E-state index in [1.54, 1.807) is 24.3 Å². The number of carbonyl (C=O) groups excluding carboxylic acids is 2. The summed E-state index contributed by atoms with van der Waals surface area (Å²) in [4.78, 5) is 23.5. The lowest BCUT2D eigenvalue weighted by Crippen LogP contribution is -2.21. The summed E-state index contributed by atoms with van der Waals surface area (Å²) in [5.41, 5.74) is 0.988. The topological polar surface area (TPSA) is 73.9 Å². The van der Waals surface area contributed by atoms with Gasteiger partial charge in [0, 0.05) is 11.8 Å². The maximum absolute atomic E-state index is 13.0. The molecular weight excluding hydrogens is 317 g/mol. The molecule has 0 saturated heterocycles. The minimum Gasteiger partial charge on any atom is -0.455 e. The number of hydrogen-bond donors (Lipinski definition) is 1. The molecular formula is C17H14FNO5. The first kappa shape index (κ1) is 15.8. The Balaban J connectivity index is 1.47. The summed E-state index contributed by atoms with van der Waals surface area (Å²) < 4.78 is 28.3. The third-order valence-corrected chi connectivity index (χ3v) is 3.26. The molecule has 0 radical (unpaired) electrons. The molecule has 0 saturated carbocycles. The summed E-state index contributed by atoms with van der Waals surface area (Å²) in [5, 5.41) is 2.59. The average molecular weight is 331 g/mol. The lowest BCUT2D eigenvalue weighted by molar-refractivity contribution is -0.146. The molecule has 1 aliphatic rings. The van der Waals surface area contributed by atoms with Gasteiger partial charge in [-0.1, -0.05) is 12.1 Å². The van der Waals surface area contributed by atoms with E-state index in [4.69, 9.17) is 14.2 Å². The van der Waals surface area contributed by atoms with Gasteiger partial charge in [0.1, 0.15) is 5.82 Å². The lowest BCUT2D eigenvalue weighted by atomic mass is 10.1. The molecule has 0 bridgehead atoms. The third kappa shape index (κ3) is 4.01. The number of rotatable bonds is 5. The predicted molar refractivity (Wildman–Crippen MR) is 82.3 cm³/mol. The molecule has 124 valence electrons. The smallest absolute Gasteiger partial charge is 0.310 e. The number of carbonyl (C=O) groups is 2. The van der Waals surface area contributed by atoms with Gasteiger partial charge >= 0.3 is 5.97 Å². The predicted octanol–water partition coefficient (Wildman–Crippen LogP) is 2.28. The number of amides is 1. The molecule has 2 aromatic carbocycles. The Morgan fingerprint density at radius 3 is 2.79 bits per heavy atom. The van der Waals surface area contributed by atoms with Crippen LogP contribution in [-0.4, -0.2) is 25.3 Å². The van der Waals surface area contributed by atoms with Crippen LogP contribution in [0.2, 0.25) is 0 Å². The van der Waals surface area contributed by atoms with E-state index < -0.39 is 24.3 Å². The zero-order valence-corrected chi connectivity index (χ0v) is 12.6. The zero-order valence-electron chi connectivity index (χ0n) is 12.6. The van der Waals surface area contributed by atoms with Crippen molar-refractivity contribution in [2.24, 2.45) is 0 Å². The van der Waals surface area contributed by atoms with Crippen LogP contribution < -0.4 is 14.8 Å². The second kappa shape index (κ2) is 6.99. The quantitative estimate of drug-likeness (QED) is 0.851. The van der Waals surface area contributed by atoms with E-state index in [-0.39, 0.29) is 13.2 Å². The Labute approximate surface area is 137 Å². The standard InChI is InChI=1S/C17H14FNO5/c18-12-3-1-2-11(6-12)7-17(21)22-9-16(20)19-13-4-5-14-15(8-13)24-10-23-14/h1-6,8H,7,9-10H2,(H,19,20). The van der Waals surface area contributed by atoms with Gasteiger partial charge in [-0.15, -0.1) is 0 Å². The first-order chi connectivity index (χ1) is 11.6. The van der Waals surface area contributed by atoms with Gasteiger partial charge < -0.3 is 19.5 Å². The van der Waals surface area contributed by atoms with E-state index in [0.29, 0.717) is 22.7 Å². The summed E-state index contributed by atoms with van der Waals surface area (Å²) in [6.07, 6.45) is -0.102. The van der Waals surface area contributed by atoms with Crippen molar-refractivity contribution < 1.29 is 28.2 Å². The number of benzene rings is 2. The fraction of sp³-hybridized carbons (Fsp3) is 0.176. The Bertz CT molecular complexity index is 777. The van der Waals surface area contributed by atoms with Crippen LogP contribution in [0.25, 0.3) is 0 Å². The van der Waals surface area contributed by atoms with E-state index in [0.717, 1.165) is 0 Å². The van der Waals surface area contributed by atoms with E-state index in [1.165, 1.54) is 18.2 Å². The van der Waals surface area contributed by atoms with Gasteiger partial charge in [-0.05, 0) is 29.8 Å². The van der Waals surface area contributed by atoms with Crippen LogP contribution >= 0.6 is 0 Å². The number of esters is 1. The van der Waals surface area contributed by atoms with E-state index >= 15 is 0 Å². The highest BCUT2D eigenvalue weighted by molar-refractivity contribution is 5.93. The Morgan fingerprint density at radius 2 is 1.96 bits per heavy atom. The Morgan fingerprint density at radius 1 is 1.12 bits per heavy atom. The summed E-state index contributed by atoms with van der Waals surface area (Å²) in [7, 11) is 0. The van der Waals surface area contributed by atoms with Crippen LogP contribution in [0.3, 0.4) is 0 Å². The van der Waals surface area contributed by atoms with Crippen LogP contribution in [0.5, 0.6) is 11.5 Å². The van der Waals surface area contributed by atoms with Gasteiger partial charge in [0.05, 0.1) is 6.42 Å². The maximum Gasteiger partial charge on any atom is 0.310 e. The average Bonchev–Trinajstić information content (AvgIpc) is 3.00. The largest absolute Gasteiger partial charge is 0.455 e. The normalized spacial score (nSPS) is 11.9. The van der Waals surface area contributed by atoms with Gasteiger partial charge in [-0.2, -0.15) is 0 Å². The molecule has 1 amide bonds. The SMILES string of the molecule is O=C(COC(=O)Cc1cccc(F)c1)Nc1ccc2c(c1)OCO2. The maximum atomic E-state index is 13.0. The molecule has 1 aliphatic heterocycles. The number of anilines is 1. The molecule has 24 heavy (non-hydrogen) atoms. The highest BCUT2D eigenvalue weighted by atomic mass is 19.1. The summed E-state index contributed by atoms with van der Waals surface area (Å²) in [6.45, 7) is -0.285. The number of halogens is 1. The molecule has 0 unspecified atom stereocenters. The van der Waals surface area contributed by atoms with Crippen molar-refractivity contribution in [2.75, 3.05) is 18.7 Å². The highest BCUT2D eigenvalue weighted by Crippen LogP contribution is 2.34. The van der Waals surface area contributed by atoms with Gasteiger partial charge in [-0.3, -0.25) is 9.59 Å². The molecule has 1 heterocycles. The molecule has 0 fully saturated rings. The van der Waals surface area contributed by atoms with E-state index in [2.05, 4.69) is 5.32 Å². The Kier molecular flexibility index (Phi) is 4.60.